The van der Waals surface area contributed by atoms with Crippen molar-refractivity contribution in [3.8, 4) is 5.88 Å². The first-order chi connectivity index (χ1) is 12.6. The molecule has 26 heavy (non-hydrogen) atoms. The first kappa shape index (κ1) is 16.6. The summed E-state index contributed by atoms with van der Waals surface area (Å²) in [5, 5.41) is 9.89. The largest absolute Gasteiger partial charge is 0.480 e. The molecule has 0 aromatic carbocycles. The van der Waals surface area contributed by atoms with Gasteiger partial charge in [0.05, 0.1) is 7.11 Å². The van der Waals surface area contributed by atoms with Crippen LogP contribution in [-0.4, -0.2) is 52.3 Å². The van der Waals surface area contributed by atoms with Gasteiger partial charge in [-0.05, 0) is 37.2 Å². The van der Waals surface area contributed by atoms with Crippen molar-refractivity contribution in [3.05, 3.63) is 12.1 Å². The Morgan fingerprint density at radius 2 is 2.08 bits per heavy atom. The maximum absolute atomic E-state index is 12.8. The summed E-state index contributed by atoms with van der Waals surface area (Å²) in [6, 6.07) is 2.40. The molecule has 1 aliphatic heterocycles. The van der Waals surface area contributed by atoms with E-state index in [1.807, 2.05) is 0 Å². The summed E-state index contributed by atoms with van der Waals surface area (Å²) in [6.45, 7) is 0. The van der Waals surface area contributed by atoms with E-state index in [1.54, 1.807) is 12.1 Å². The van der Waals surface area contributed by atoms with Crippen molar-refractivity contribution in [2.45, 2.75) is 31.7 Å². The van der Waals surface area contributed by atoms with Crippen LogP contribution in [0.2, 0.25) is 0 Å². The van der Waals surface area contributed by atoms with Crippen LogP contribution in [0, 0.1) is 17.8 Å². The normalized spacial score (nSPS) is 31.0. The van der Waals surface area contributed by atoms with Crippen LogP contribution in [0.5, 0.6) is 5.88 Å². The van der Waals surface area contributed by atoms with Crippen molar-refractivity contribution in [1.82, 2.24) is 20.4 Å². The van der Waals surface area contributed by atoms with Gasteiger partial charge < -0.3 is 4.74 Å². The highest BCUT2D eigenvalue weighted by molar-refractivity contribution is 6.23. The molecule has 4 amide bonds. The Morgan fingerprint density at radius 3 is 2.69 bits per heavy atom. The second kappa shape index (κ2) is 6.47. The SMILES string of the molecule is COc1ccc(N=C[C@H]2C(=O)NC(=O)N([C@@H]3C[C@H]4CC[C@H]3C4)C2=O)nn1. The molecule has 4 rings (SSSR count). The van der Waals surface area contributed by atoms with E-state index in [2.05, 4.69) is 20.5 Å². The Kier molecular flexibility index (Phi) is 4.14. The van der Waals surface area contributed by atoms with Gasteiger partial charge in [0.25, 0.3) is 0 Å². The molecular weight excluding hydrogens is 338 g/mol. The number of hydrogen-bond acceptors (Lipinski definition) is 7. The van der Waals surface area contributed by atoms with E-state index in [0.29, 0.717) is 17.7 Å². The van der Waals surface area contributed by atoms with Gasteiger partial charge in [0.2, 0.25) is 17.7 Å². The second-order valence-electron chi connectivity index (χ2n) is 6.93. The van der Waals surface area contributed by atoms with E-state index in [0.717, 1.165) is 25.7 Å². The van der Waals surface area contributed by atoms with Crippen LogP contribution < -0.4 is 10.1 Å². The number of carbonyl (C=O) groups is 3. The fraction of sp³-hybridized carbons (Fsp3) is 0.529. The molecule has 2 aliphatic carbocycles. The molecule has 9 nitrogen and oxygen atoms in total. The van der Waals surface area contributed by atoms with Crippen molar-refractivity contribution < 1.29 is 19.1 Å². The molecule has 3 fully saturated rings. The smallest absolute Gasteiger partial charge is 0.331 e. The third-order valence-electron chi connectivity index (χ3n) is 5.46. The number of ether oxygens (including phenoxy) is 1. The highest BCUT2D eigenvalue weighted by Gasteiger charge is 2.50. The lowest BCUT2D eigenvalue weighted by Gasteiger charge is -2.36. The van der Waals surface area contributed by atoms with Crippen LogP contribution in [0.3, 0.4) is 0 Å². The monoisotopic (exact) mass is 357 g/mol. The predicted octanol–water partition coefficient (Wildman–Crippen LogP) is 1.07. The number of aliphatic imine (C=N–C) groups is 1. The number of amides is 4. The van der Waals surface area contributed by atoms with Gasteiger partial charge in [-0.3, -0.25) is 19.8 Å². The average Bonchev–Trinajstić information content (AvgIpc) is 3.25. The van der Waals surface area contributed by atoms with Crippen LogP contribution in [0.4, 0.5) is 10.6 Å². The minimum atomic E-state index is -1.14. The van der Waals surface area contributed by atoms with E-state index in [4.69, 9.17) is 4.74 Å². The first-order valence-electron chi connectivity index (χ1n) is 8.66. The lowest BCUT2D eigenvalue weighted by molar-refractivity contribution is -0.141. The molecule has 3 aliphatic rings. The summed E-state index contributed by atoms with van der Waals surface area (Å²) < 4.78 is 4.92. The highest BCUT2D eigenvalue weighted by atomic mass is 16.5. The number of aromatic nitrogens is 2. The van der Waals surface area contributed by atoms with Gasteiger partial charge >= 0.3 is 6.03 Å². The van der Waals surface area contributed by atoms with Crippen molar-refractivity contribution in [3.63, 3.8) is 0 Å². The van der Waals surface area contributed by atoms with Crippen LogP contribution >= 0.6 is 0 Å². The van der Waals surface area contributed by atoms with Gasteiger partial charge in [-0.25, -0.2) is 9.79 Å². The standard InChI is InChI=1S/C17H19N5O4/c1-26-14-5-4-13(20-21-14)18-8-11-15(23)19-17(25)22(16(11)24)12-7-9-2-3-10(12)6-9/h4-5,8-12H,2-3,6-7H2,1H3,(H,19,23,25)/t9-,10-,11-,12+/m0/s1. The van der Waals surface area contributed by atoms with E-state index in [9.17, 15) is 14.4 Å². The fourth-order valence-corrected chi connectivity index (χ4v) is 4.22. The number of methoxy groups -OCH3 is 1. The summed E-state index contributed by atoms with van der Waals surface area (Å²) in [6.07, 6.45) is 5.29. The quantitative estimate of drug-likeness (QED) is 0.637. The summed E-state index contributed by atoms with van der Waals surface area (Å²) in [5.41, 5.74) is 0. The molecule has 1 aromatic rings. The number of hydrogen-bond donors (Lipinski definition) is 1. The van der Waals surface area contributed by atoms with Gasteiger partial charge in [0.15, 0.2) is 11.7 Å². The van der Waals surface area contributed by atoms with E-state index in [-0.39, 0.29) is 11.9 Å². The maximum Gasteiger partial charge on any atom is 0.331 e. The van der Waals surface area contributed by atoms with Gasteiger partial charge in [-0.2, -0.15) is 0 Å². The summed E-state index contributed by atoms with van der Waals surface area (Å²) in [4.78, 5) is 42.5. The van der Waals surface area contributed by atoms with Crippen LogP contribution in [0.25, 0.3) is 0 Å². The molecule has 2 heterocycles. The predicted molar refractivity (Wildman–Crippen MR) is 89.8 cm³/mol. The van der Waals surface area contributed by atoms with Gasteiger partial charge in [0.1, 0.15) is 0 Å². The van der Waals surface area contributed by atoms with Crippen LogP contribution in [-0.2, 0) is 9.59 Å². The molecular formula is C17H19N5O4. The van der Waals surface area contributed by atoms with Crippen LogP contribution in [0.15, 0.2) is 17.1 Å². The summed E-state index contributed by atoms with van der Waals surface area (Å²) in [5.74, 6) is -0.821. The number of fused-ring (bicyclic) bond motifs is 2. The zero-order valence-electron chi connectivity index (χ0n) is 14.3. The minimum absolute atomic E-state index is 0.119. The molecule has 2 bridgehead atoms. The molecule has 1 aromatic heterocycles. The number of urea groups is 1. The van der Waals surface area contributed by atoms with Gasteiger partial charge in [0, 0.05) is 18.3 Å². The summed E-state index contributed by atoms with van der Waals surface area (Å²) >= 11 is 0. The zero-order valence-corrected chi connectivity index (χ0v) is 14.3. The second-order valence-corrected chi connectivity index (χ2v) is 6.93. The Balaban J connectivity index is 1.53. The highest BCUT2D eigenvalue weighted by Crippen LogP contribution is 2.47. The van der Waals surface area contributed by atoms with Gasteiger partial charge in [-0.15, -0.1) is 10.2 Å². The molecule has 1 N–H and O–H groups in total. The number of barbiturate groups is 1. The third kappa shape index (κ3) is 2.83. The maximum atomic E-state index is 12.8. The Morgan fingerprint density at radius 1 is 1.23 bits per heavy atom. The van der Waals surface area contributed by atoms with Crippen molar-refractivity contribution in [1.29, 1.82) is 0 Å². The lowest BCUT2D eigenvalue weighted by Crippen LogP contribution is -2.62. The van der Waals surface area contributed by atoms with Gasteiger partial charge in [-0.1, -0.05) is 6.42 Å². The van der Waals surface area contributed by atoms with E-state index in [1.165, 1.54) is 18.2 Å². The summed E-state index contributed by atoms with van der Waals surface area (Å²) in [7, 11) is 1.47. The van der Waals surface area contributed by atoms with E-state index < -0.39 is 23.8 Å². The van der Waals surface area contributed by atoms with Crippen molar-refractivity contribution >= 4 is 29.9 Å². The van der Waals surface area contributed by atoms with Crippen molar-refractivity contribution in [2.24, 2.45) is 22.7 Å². The number of imide groups is 2. The zero-order chi connectivity index (χ0) is 18.3. The fourth-order valence-electron chi connectivity index (χ4n) is 4.22. The number of nitrogens with zero attached hydrogens (tertiary/aromatic N) is 4. The molecule has 4 atom stereocenters. The molecule has 0 unspecified atom stereocenters. The first-order valence-corrected chi connectivity index (χ1v) is 8.66. The van der Waals surface area contributed by atoms with E-state index >= 15 is 0 Å². The Bertz CT molecular complexity index is 778. The number of rotatable bonds is 4. The Labute approximate surface area is 149 Å². The van der Waals surface area contributed by atoms with Crippen molar-refractivity contribution in [2.75, 3.05) is 7.11 Å². The number of carbonyl (C=O) groups excluding carboxylic acids is 3. The molecule has 0 spiro atoms. The molecule has 0 radical (unpaired) electrons. The molecule has 2 saturated carbocycles. The molecule has 9 heteroatoms. The average molecular weight is 357 g/mol. The van der Waals surface area contributed by atoms with Crippen LogP contribution in [0.1, 0.15) is 25.7 Å². The molecule has 1 saturated heterocycles. The Hall–Kier alpha value is -2.84. The molecule has 136 valence electrons. The minimum Gasteiger partial charge on any atom is -0.480 e. The number of nitrogens with one attached hydrogen (secondary N) is 1. The third-order valence-corrected chi connectivity index (χ3v) is 5.46. The topological polar surface area (TPSA) is 114 Å². The lowest BCUT2D eigenvalue weighted by atomic mass is 9.92.